The van der Waals surface area contributed by atoms with E-state index < -0.39 is 34.7 Å². The van der Waals surface area contributed by atoms with Gasteiger partial charge in [0.05, 0.1) is 10.8 Å². The molecule has 0 amide bonds. The average molecular weight is 528 g/mol. The molecule has 0 atom stereocenters. The molecule has 0 saturated carbocycles. The molecule has 0 aliphatic rings. The van der Waals surface area contributed by atoms with Crippen LogP contribution in [0.5, 0.6) is 0 Å². The van der Waals surface area contributed by atoms with Crippen molar-refractivity contribution in [3.05, 3.63) is 54.2 Å². The monoisotopic (exact) mass is 528 g/mol. The second-order valence-corrected chi connectivity index (χ2v) is 8.20. The van der Waals surface area contributed by atoms with Crippen LogP contribution in [0, 0.1) is 0 Å². The van der Waals surface area contributed by atoms with Crippen molar-refractivity contribution in [2.24, 2.45) is 0 Å². The number of aromatic amines is 2. The minimum absolute atomic E-state index is 0. The van der Waals surface area contributed by atoms with Gasteiger partial charge in [-0.25, -0.2) is 9.97 Å². The van der Waals surface area contributed by atoms with Crippen LogP contribution in [-0.4, -0.2) is 42.8 Å². The number of fused-ring (bicyclic) bond motifs is 2. The molecule has 4 aromatic rings. The zero-order chi connectivity index (χ0) is 22.0. The van der Waals surface area contributed by atoms with E-state index in [-0.39, 0.29) is 70.1 Å². The van der Waals surface area contributed by atoms with Crippen molar-refractivity contribution in [3.63, 3.8) is 0 Å². The number of hydrogen-bond donors (Lipinski definition) is 2. The summed E-state index contributed by atoms with van der Waals surface area (Å²) < 4.78 is 0. The Labute approximate surface area is 243 Å². The molecule has 4 aromatic heterocycles. The van der Waals surface area contributed by atoms with Crippen molar-refractivity contribution in [2.45, 2.75) is 26.7 Å². The van der Waals surface area contributed by atoms with E-state index in [1.165, 1.54) is 22.7 Å². The standard InChI is InChI=1S/2C9H8N2O3S.2Na.2H2O/c2*1-2-4-3-5-7(12)10-6(9(13)14)11-8(5)15-4;;;;/h2*3H,2H2,1H3,(H,13,14)(H,10,11,12);;;2*1H2/q;;2*+1;;/p-2. The van der Waals surface area contributed by atoms with Crippen LogP contribution in [0.4, 0.5) is 0 Å². The molecular weight excluding hydrogens is 510 g/mol. The molecule has 6 N–H and O–H groups in total. The Kier molecular flexibility index (Phi) is 15.1. The molecule has 0 aliphatic heterocycles. The second kappa shape index (κ2) is 14.8. The first-order valence-electron chi connectivity index (χ1n) is 8.71. The Morgan fingerprint density at radius 1 is 0.794 bits per heavy atom. The first-order valence-corrected chi connectivity index (χ1v) is 10.3. The normalized spacial score (nSPS) is 9.47. The number of H-pyrrole nitrogens is 2. The Bertz CT molecular complexity index is 1290. The van der Waals surface area contributed by atoms with Crippen LogP contribution >= 0.6 is 22.7 Å². The van der Waals surface area contributed by atoms with E-state index in [0.717, 1.165) is 22.6 Å². The quantitative estimate of drug-likeness (QED) is 0.241. The fraction of sp³-hybridized carbons (Fsp3) is 0.222. The van der Waals surface area contributed by atoms with Crippen LogP contribution < -0.4 is 80.4 Å². The van der Waals surface area contributed by atoms with Crippen molar-refractivity contribution >= 4 is 55.0 Å². The fourth-order valence-corrected chi connectivity index (χ4v) is 4.44. The maximum atomic E-state index is 11.5. The number of carboxylic acid groups (broad SMARTS) is 2. The topological polar surface area (TPSA) is 235 Å². The SMILES string of the molecule is CCc1cc2c(=O)[nH]c(C(=O)[O-])nc2s1.CCc1cc2c(=O)[nH]c(C(=O)[O-])nc2s1.O.O.[Na+].[Na+]. The molecule has 0 saturated heterocycles. The molecule has 172 valence electrons. The van der Waals surface area contributed by atoms with E-state index in [1.54, 1.807) is 12.1 Å². The van der Waals surface area contributed by atoms with E-state index >= 15 is 0 Å². The number of hydrogen-bond acceptors (Lipinski definition) is 10. The number of nitrogens with one attached hydrogen (secondary N) is 2. The average Bonchev–Trinajstić information content (AvgIpc) is 3.32. The molecule has 0 aromatic carbocycles. The van der Waals surface area contributed by atoms with Crippen LogP contribution in [0.1, 0.15) is 44.8 Å². The number of rotatable bonds is 4. The van der Waals surface area contributed by atoms with Gasteiger partial charge in [0.25, 0.3) is 11.1 Å². The van der Waals surface area contributed by atoms with Crippen LogP contribution in [-0.2, 0) is 12.8 Å². The summed E-state index contributed by atoms with van der Waals surface area (Å²) in [6.45, 7) is 3.91. The number of carbonyl (C=O) groups excluding carboxylic acids is 2. The Morgan fingerprint density at radius 2 is 1.12 bits per heavy atom. The summed E-state index contributed by atoms with van der Waals surface area (Å²) in [4.78, 5) is 58.8. The molecule has 4 heterocycles. The van der Waals surface area contributed by atoms with Gasteiger partial charge in [-0.15, -0.1) is 22.7 Å². The summed E-state index contributed by atoms with van der Waals surface area (Å²) in [6.07, 6.45) is 1.59. The van der Waals surface area contributed by atoms with Crippen molar-refractivity contribution in [1.29, 1.82) is 0 Å². The molecular formula is C18H18N4Na2O8S2. The molecule has 4 rings (SSSR count). The first kappa shape index (κ1) is 34.7. The minimum atomic E-state index is -1.47. The smallest absolute Gasteiger partial charge is 0.542 e. The van der Waals surface area contributed by atoms with Gasteiger partial charge in [0, 0.05) is 9.75 Å². The van der Waals surface area contributed by atoms with Gasteiger partial charge >= 0.3 is 59.1 Å². The molecule has 12 nitrogen and oxygen atoms in total. The number of aromatic nitrogens is 4. The summed E-state index contributed by atoms with van der Waals surface area (Å²) in [5.41, 5.74) is -0.870. The van der Waals surface area contributed by atoms with E-state index in [1.807, 2.05) is 13.8 Å². The number of aromatic carboxylic acids is 2. The third-order valence-corrected chi connectivity index (χ3v) is 6.34. The molecule has 0 spiro atoms. The van der Waals surface area contributed by atoms with Crippen LogP contribution in [0.15, 0.2) is 21.7 Å². The zero-order valence-corrected chi connectivity index (χ0v) is 24.4. The zero-order valence-electron chi connectivity index (χ0n) is 18.7. The number of aryl methyl sites for hydroxylation is 2. The molecule has 0 radical (unpaired) electrons. The summed E-state index contributed by atoms with van der Waals surface area (Å²) >= 11 is 2.64. The Balaban J connectivity index is 0. The minimum Gasteiger partial charge on any atom is -0.542 e. The van der Waals surface area contributed by atoms with Gasteiger partial charge < -0.3 is 40.7 Å². The third-order valence-electron chi connectivity index (χ3n) is 3.99. The van der Waals surface area contributed by atoms with Crippen LogP contribution in [0.3, 0.4) is 0 Å². The van der Waals surface area contributed by atoms with Gasteiger partial charge in [-0.3, -0.25) is 9.59 Å². The number of carbonyl (C=O) groups is 2. The molecule has 0 aliphatic carbocycles. The Morgan fingerprint density at radius 3 is 1.38 bits per heavy atom. The fourth-order valence-electron chi connectivity index (χ4n) is 2.50. The maximum Gasteiger partial charge on any atom is 1.00 e. The summed E-state index contributed by atoms with van der Waals surface area (Å²) in [5, 5.41) is 21.9. The van der Waals surface area contributed by atoms with E-state index in [2.05, 4.69) is 19.9 Å². The summed E-state index contributed by atoms with van der Waals surface area (Å²) in [5.74, 6) is -3.78. The van der Waals surface area contributed by atoms with Gasteiger partial charge in [-0.05, 0) is 25.0 Å². The maximum absolute atomic E-state index is 11.5. The molecule has 34 heavy (non-hydrogen) atoms. The number of nitrogens with zero attached hydrogens (tertiary/aromatic N) is 2. The van der Waals surface area contributed by atoms with Crippen molar-refractivity contribution in [3.8, 4) is 0 Å². The Hall–Kier alpha value is -1.46. The predicted molar refractivity (Wildman–Crippen MR) is 115 cm³/mol. The first-order chi connectivity index (χ1) is 14.2. The number of thiophene rings is 2. The molecule has 0 fully saturated rings. The molecule has 0 bridgehead atoms. The van der Waals surface area contributed by atoms with Crippen molar-refractivity contribution < 1.29 is 89.9 Å². The van der Waals surface area contributed by atoms with Gasteiger partial charge in [-0.2, -0.15) is 0 Å². The molecule has 0 unspecified atom stereocenters. The second-order valence-electron chi connectivity index (χ2n) is 5.97. The van der Waals surface area contributed by atoms with Crippen molar-refractivity contribution in [2.75, 3.05) is 0 Å². The van der Waals surface area contributed by atoms with Crippen LogP contribution in [0.25, 0.3) is 20.4 Å². The predicted octanol–water partition coefficient (Wildman–Crippen LogP) is -7.82. The third kappa shape index (κ3) is 7.78. The van der Waals surface area contributed by atoms with Gasteiger partial charge in [-0.1, -0.05) is 13.8 Å². The van der Waals surface area contributed by atoms with E-state index in [4.69, 9.17) is 0 Å². The molecule has 16 heteroatoms. The van der Waals surface area contributed by atoms with Crippen LogP contribution in [0.2, 0.25) is 0 Å². The largest absolute Gasteiger partial charge is 1.00 e. The summed E-state index contributed by atoms with van der Waals surface area (Å²) in [6, 6.07) is 3.45. The van der Waals surface area contributed by atoms with Crippen molar-refractivity contribution in [1.82, 2.24) is 19.9 Å². The van der Waals surface area contributed by atoms with Gasteiger partial charge in [0.1, 0.15) is 21.6 Å². The number of carboxylic acids is 2. The van der Waals surface area contributed by atoms with E-state index in [0.29, 0.717) is 20.4 Å². The van der Waals surface area contributed by atoms with Gasteiger partial charge in [0.2, 0.25) is 0 Å². The summed E-state index contributed by atoms with van der Waals surface area (Å²) in [7, 11) is 0. The van der Waals surface area contributed by atoms with E-state index in [9.17, 15) is 29.4 Å². The van der Waals surface area contributed by atoms with Gasteiger partial charge in [0.15, 0.2) is 11.6 Å².